The zero-order valence-corrected chi connectivity index (χ0v) is 11.6. The van der Waals surface area contributed by atoms with Crippen molar-refractivity contribution in [2.24, 2.45) is 0 Å². The lowest BCUT2D eigenvalue weighted by molar-refractivity contribution is 0.246. The van der Waals surface area contributed by atoms with Crippen molar-refractivity contribution >= 4 is 0 Å². The minimum Gasteiger partial charge on any atom is -0.494 e. The van der Waals surface area contributed by atoms with Crippen LogP contribution < -0.4 is 10.1 Å². The number of rotatable bonds is 5. The summed E-state index contributed by atoms with van der Waals surface area (Å²) in [5.41, 5.74) is 1.30. The Morgan fingerprint density at radius 3 is 2.89 bits per heavy atom. The third-order valence-corrected chi connectivity index (χ3v) is 3.84. The number of nitrogens with zero attached hydrogens (tertiary/aromatic N) is 1. The molecule has 0 spiro atoms. The predicted octanol–water partition coefficient (Wildman–Crippen LogP) is 2.44. The molecular formula is C15H24N2O. The highest BCUT2D eigenvalue weighted by molar-refractivity contribution is 5.35. The summed E-state index contributed by atoms with van der Waals surface area (Å²) in [6.07, 6.45) is 1.23. The van der Waals surface area contributed by atoms with Crippen molar-refractivity contribution in [2.75, 3.05) is 26.7 Å². The molecule has 0 aromatic heterocycles. The van der Waals surface area contributed by atoms with Gasteiger partial charge in [-0.2, -0.15) is 0 Å². The van der Waals surface area contributed by atoms with Gasteiger partial charge >= 0.3 is 0 Å². The monoisotopic (exact) mass is 248 g/mol. The Kier molecular flexibility index (Phi) is 4.61. The summed E-state index contributed by atoms with van der Waals surface area (Å²) in [6, 6.07) is 9.45. The van der Waals surface area contributed by atoms with Gasteiger partial charge in [0.25, 0.3) is 0 Å². The van der Waals surface area contributed by atoms with Gasteiger partial charge in [-0.05, 0) is 33.4 Å². The average molecular weight is 248 g/mol. The summed E-state index contributed by atoms with van der Waals surface area (Å²) in [5, 5.41) is 3.37. The maximum atomic E-state index is 5.73. The Morgan fingerprint density at radius 1 is 1.44 bits per heavy atom. The minimum absolute atomic E-state index is 0.422. The number of hydrogen-bond donors (Lipinski definition) is 1. The van der Waals surface area contributed by atoms with Gasteiger partial charge in [-0.3, -0.25) is 4.90 Å². The van der Waals surface area contributed by atoms with Crippen molar-refractivity contribution in [3.05, 3.63) is 29.8 Å². The van der Waals surface area contributed by atoms with Crippen molar-refractivity contribution < 1.29 is 4.74 Å². The fourth-order valence-electron chi connectivity index (χ4n) is 2.68. The van der Waals surface area contributed by atoms with Gasteiger partial charge in [0, 0.05) is 30.7 Å². The molecule has 2 unspecified atom stereocenters. The molecule has 1 aromatic carbocycles. The minimum atomic E-state index is 0.422. The number of ether oxygens (including phenoxy) is 1. The second-order valence-electron chi connectivity index (χ2n) is 4.92. The van der Waals surface area contributed by atoms with E-state index in [4.69, 9.17) is 4.74 Å². The molecule has 18 heavy (non-hydrogen) atoms. The van der Waals surface area contributed by atoms with Gasteiger partial charge in [0.2, 0.25) is 0 Å². The molecule has 1 heterocycles. The third-order valence-electron chi connectivity index (χ3n) is 3.84. The van der Waals surface area contributed by atoms with Crippen LogP contribution in [0.25, 0.3) is 0 Å². The molecular weight excluding hydrogens is 224 g/mol. The van der Waals surface area contributed by atoms with Crippen molar-refractivity contribution in [3.8, 4) is 5.75 Å². The Bertz CT molecular complexity index is 381. The van der Waals surface area contributed by atoms with Crippen LogP contribution in [-0.4, -0.2) is 37.7 Å². The van der Waals surface area contributed by atoms with E-state index < -0.39 is 0 Å². The van der Waals surface area contributed by atoms with Crippen LogP contribution in [0, 0.1) is 0 Å². The zero-order valence-electron chi connectivity index (χ0n) is 11.6. The third kappa shape index (κ3) is 2.85. The molecule has 3 nitrogen and oxygen atoms in total. The first kappa shape index (κ1) is 13.4. The summed E-state index contributed by atoms with van der Waals surface area (Å²) in [6.45, 7) is 7.32. The summed E-state index contributed by atoms with van der Waals surface area (Å²) >= 11 is 0. The Hall–Kier alpha value is -1.06. The molecule has 1 aliphatic rings. The number of likely N-dealkylation sites (tertiary alicyclic amines) is 1. The largest absolute Gasteiger partial charge is 0.494 e. The number of likely N-dealkylation sites (N-methyl/N-ethyl adjacent to an activating group) is 1. The summed E-state index contributed by atoms with van der Waals surface area (Å²) in [5.74, 6) is 1.03. The Balaban J connectivity index is 2.11. The van der Waals surface area contributed by atoms with Crippen LogP contribution in [-0.2, 0) is 0 Å². The zero-order chi connectivity index (χ0) is 13.0. The van der Waals surface area contributed by atoms with Crippen LogP contribution >= 0.6 is 0 Å². The molecule has 1 fully saturated rings. The van der Waals surface area contributed by atoms with E-state index in [-0.39, 0.29) is 0 Å². The maximum absolute atomic E-state index is 5.73. The molecule has 1 saturated heterocycles. The van der Waals surface area contributed by atoms with E-state index >= 15 is 0 Å². The topological polar surface area (TPSA) is 24.5 Å². The molecule has 2 atom stereocenters. The average Bonchev–Trinajstić information content (AvgIpc) is 2.88. The van der Waals surface area contributed by atoms with Crippen molar-refractivity contribution in [3.63, 3.8) is 0 Å². The summed E-state index contributed by atoms with van der Waals surface area (Å²) in [4.78, 5) is 2.53. The number of para-hydroxylation sites is 1. The van der Waals surface area contributed by atoms with E-state index in [1.807, 2.05) is 20.0 Å². The normalized spacial score (nSPS) is 22.1. The SMILES string of the molecule is CCOc1ccccc1C(C)N1CCC(NC)C1. The Morgan fingerprint density at radius 2 is 2.22 bits per heavy atom. The first-order valence-corrected chi connectivity index (χ1v) is 6.89. The van der Waals surface area contributed by atoms with E-state index in [0.717, 1.165) is 25.4 Å². The quantitative estimate of drug-likeness (QED) is 0.866. The van der Waals surface area contributed by atoms with Crippen molar-refractivity contribution in [1.29, 1.82) is 0 Å². The lowest BCUT2D eigenvalue weighted by Crippen LogP contribution is -2.31. The second-order valence-corrected chi connectivity index (χ2v) is 4.92. The molecule has 0 aliphatic carbocycles. The van der Waals surface area contributed by atoms with Gasteiger partial charge in [0.05, 0.1) is 6.61 Å². The second kappa shape index (κ2) is 6.21. The molecule has 1 aliphatic heterocycles. The number of hydrogen-bond acceptors (Lipinski definition) is 3. The molecule has 3 heteroatoms. The molecule has 2 rings (SSSR count). The van der Waals surface area contributed by atoms with Gasteiger partial charge in [0.1, 0.15) is 5.75 Å². The highest BCUT2D eigenvalue weighted by Crippen LogP contribution is 2.31. The van der Waals surface area contributed by atoms with E-state index in [9.17, 15) is 0 Å². The van der Waals surface area contributed by atoms with Crippen LogP contribution in [0.3, 0.4) is 0 Å². The van der Waals surface area contributed by atoms with Gasteiger partial charge < -0.3 is 10.1 Å². The van der Waals surface area contributed by atoms with Crippen LogP contribution in [0.1, 0.15) is 31.9 Å². The van der Waals surface area contributed by atoms with Gasteiger partial charge in [0.15, 0.2) is 0 Å². The fourth-order valence-corrected chi connectivity index (χ4v) is 2.68. The van der Waals surface area contributed by atoms with Crippen LogP contribution in [0.5, 0.6) is 5.75 Å². The smallest absolute Gasteiger partial charge is 0.124 e. The van der Waals surface area contributed by atoms with Gasteiger partial charge in [-0.25, -0.2) is 0 Å². The molecule has 100 valence electrons. The predicted molar refractivity (Wildman–Crippen MR) is 75.1 cm³/mol. The van der Waals surface area contributed by atoms with Gasteiger partial charge in [-0.15, -0.1) is 0 Å². The van der Waals surface area contributed by atoms with E-state index in [1.54, 1.807) is 0 Å². The summed E-state index contributed by atoms with van der Waals surface area (Å²) < 4.78 is 5.73. The summed E-state index contributed by atoms with van der Waals surface area (Å²) in [7, 11) is 2.05. The number of benzene rings is 1. The fraction of sp³-hybridized carbons (Fsp3) is 0.600. The molecule has 0 amide bonds. The van der Waals surface area contributed by atoms with Crippen LogP contribution in [0.2, 0.25) is 0 Å². The van der Waals surface area contributed by atoms with Gasteiger partial charge in [-0.1, -0.05) is 18.2 Å². The van der Waals surface area contributed by atoms with E-state index in [1.165, 1.54) is 12.0 Å². The molecule has 1 aromatic rings. The van der Waals surface area contributed by atoms with E-state index in [2.05, 4.69) is 35.3 Å². The highest BCUT2D eigenvalue weighted by atomic mass is 16.5. The molecule has 0 saturated carbocycles. The molecule has 0 radical (unpaired) electrons. The molecule has 0 bridgehead atoms. The standard InChI is InChI=1S/C15H24N2O/c1-4-18-15-8-6-5-7-14(15)12(2)17-10-9-13(11-17)16-3/h5-8,12-13,16H,4,9-11H2,1-3H3. The van der Waals surface area contributed by atoms with Crippen molar-refractivity contribution in [2.45, 2.75) is 32.4 Å². The van der Waals surface area contributed by atoms with Crippen molar-refractivity contribution in [1.82, 2.24) is 10.2 Å². The van der Waals surface area contributed by atoms with Crippen LogP contribution in [0.4, 0.5) is 0 Å². The molecule has 1 N–H and O–H groups in total. The lowest BCUT2D eigenvalue weighted by Gasteiger charge is -2.26. The first-order valence-electron chi connectivity index (χ1n) is 6.89. The first-order chi connectivity index (χ1) is 8.76. The van der Waals surface area contributed by atoms with Crippen LogP contribution in [0.15, 0.2) is 24.3 Å². The lowest BCUT2D eigenvalue weighted by atomic mass is 10.1. The Labute approximate surface area is 110 Å². The highest BCUT2D eigenvalue weighted by Gasteiger charge is 2.26. The number of nitrogens with one attached hydrogen (secondary N) is 1. The maximum Gasteiger partial charge on any atom is 0.124 e. The van der Waals surface area contributed by atoms with E-state index in [0.29, 0.717) is 12.1 Å².